The van der Waals surface area contributed by atoms with Crippen LogP contribution in [0.15, 0.2) is 41.2 Å². The van der Waals surface area contributed by atoms with Crippen LogP contribution in [-0.4, -0.2) is 30.5 Å². The lowest BCUT2D eigenvalue weighted by Crippen LogP contribution is -2.36. The van der Waals surface area contributed by atoms with Crippen molar-refractivity contribution in [1.82, 2.24) is 4.57 Å². The number of hydrogen-bond donors (Lipinski definition) is 1. The van der Waals surface area contributed by atoms with Gasteiger partial charge >= 0.3 is 6.18 Å². The van der Waals surface area contributed by atoms with Crippen molar-refractivity contribution in [1.29, 1.82) is 0 Å². The molecule has 3 aromatic rings. The van der Waals surface area contributed by atoms with E-state index in [0.717, 1.165) is 22.0 Å². The Labute approximate surface area is 231 Å². The summed E-state index contributed by atoms with van der Waals surface area (Å²) >= 11 is 6.64. The summed E-state index contributed by atoms with van der Waals surface area (Å²) in [6, 6.07) is 8.06. The molecule has 0 fully saturated rings. The first-order valence-electron chi connectivity index (χ1n) is 11.5. The second-order valence-corrected chi connectivity index (χ2v) is 10.9. The van der Waals surface area contributed by atoms with Crippen molar-refractivity contribution < 1.29 is 32.2 Å². The Hall–Kier alpha value is -3.57. The van der Waals surface area contributed by atoms with Crippen molar-refractivity contribution in [3.8, 4) is 11.5 Å². The average Bonchev–Trinajstić information content (AvgIpc) is 3.12. The zero-order valence-corrected chi connectivity index (χ0v) is 23.3. The van der Waals surface area contributed by atoms with E-state index in [1.54, 1.807) is 45.0 Å². The normalized spacial score (nSPS) is 12.9. The van der Waals surface area contributed by atoms with Gasteiger partial charge in [0.1, 0.15) is 11.2 Å². The van der Waals surface area contributed by atoms with Gasteiger partial charge in [-0.25, -0.2) is 0 Å². The molecule has 1 aromatic heterocycles. The Balaban J connectivity index is 2.09. The molecule has 1 amide bonds. The van der Waals surface area contributed by atoms with E-state index in [1.807, 2.05) is 0 Å². The number of hydrogen-bond acceptors (Lipinski definition) is 6. The number of benzene rings is 2. The van der Waals surface area contributed by atoms with Crippen LogP contribution < -0.4 is 29.5 Å². The van der Waals surface area contributed by atoms with Crippen LogP contribution in [0.4, 0.5) is 18.9 Å². The number of carbonyl (C=O) groups excluding carboxylic acids is 2. The fourth-order valence-electron chi connectivity index (χ4n) is 3.45. The lowest BCUT2D eigenvalue weighted by atomic mass is 9.91. The number of nitrogens with one attached hydrogen (secondary N) is 1. The van der Waals surface area contributed by atoms with Crippen LogP contribution in [0.25, 0.3) is 12.2 Å². The maximum Gasteiger partial charge on any atom is 0.417 e. The van der Waals surface area contributed by atoms with Gasteiger partial charge in [0.25, 0.3) is 5.56 Å². The molecule has 0 aliphatic rings. The monoisotopic (exact) mass is 582 g/mol. The summed E-state index contributed by atoms with van der Waals surface area (Å²) in [4.78, 5) is 39.0. The molecule has 7 nitrogen and oxygen atoms in total. The molecule has 0 saturated carbocycles. The molecule has 1 heterocycles. The molecule has 0 bridgehead atoms. The van der Waals surface area contributed by atoms with E-state index in [4.69, 9.17) is 21.1 Å². The summed E-state index contributed by atoms with van der Waals surface area (Å²) < 4.78 is 51.9. The van der Waals surface area contributed by atoms with E-state index in [-0.39, 0.29) is 20.7 Å². The highest BCUT2D eigenvalue weighted by atomic mass is 35.5. The van der Waals surface area contributed by atoms with Crippen LogP contribution in [0.2, 0.25) is 5.02 Å². The van der Waals surface area contributed by atoms with Gasteiger partial charge in [0.05, 0.1) is 29.3 Å². The molecular formula is C27H26ClF3N2O5S. The number of thiazole rings is 1. The molecule has 0 saturated heterocycles. The minimum absolute atomic E-state index is 0.149. The third kappa shape index (κ3) is 7.10. The predicted molar refractivity (Wildman–Crippen MR) is 145 cm³/mol. The number of carbonyl (C=O) groups is 2. The number of rotatable bonds is 7. The zero-order chi connectivity index (χ0) is 29.1. The second-order valence-electron chi connectivity index (χ2n) is 9.42. The van der Waals surface area contributed by atoms with Gasteiger partial charge < -0.3 is 14.8 Å². The topological polar surface area (TPSA) is 86.6 Å². The SMILES string of the molecule is COc1cccc(/C=c2/s/c(=C\C(=O)C(C)(C)C)n(CC(=O)Nc3ccc(Cl)c(C(F)(F)F)c3)c2=O)c1OC. The third-order valence-corrected chi connectivity index (χ3v) is 6.90. The number of ketones is 1. The van der Waals surface area contributed by atoms with Crippen molar-refractivity contribution in [3.05, 3.63) is 72.1 Å². The van der Waals surface area contributed by atoms with Crippen LogP contribution in [0.5, 0.6) is 11.5 Å². The largest absolute Gasteiger partial charge is 0.493 e. The van der Waals surface area contributed by atoms with Gasteiger partial charge in [-0.15, -0.1) is 11.3 Å². The highest BCUT2D eigenvalue weighted by molar-refractivity contribution is 7.07. The van der Waals surface area contributed by atoms with Crippen LogP contribution >= 0.6 is 22.9 Å². The minimum Gasteiger partial charge on any atom is -0.493 e. The highest BCUT2D eigenvalue weighted by Gasteiger charge is 2.33. The summed E-state index contributed by atoms with van der Waals surface area (Å²) in [5.74, 6) is -0.223. The third-order valence-electron chi connectivity index (χ3n) is 5.51. The molecule has 0 unspecified atom stereocenters. The Kier molecular flexibility index (Phi) is 8.97. The van der Waals surface area contributed by atoms with E-state index in [9.17, 15) is 27.6 Å². The number of Topliss-reactive ketones (excluding diaryl/α,β-unsaturated/α-hetero) is 1. The first-order valence-corrected chi connectivity index (χ1v) is 12.7. The van der Waals surface area contributed by atoms with Gasteiger partial charge in [-0.05, 0) is 30.3 Å². The Morgan fingerprint density at radius 1 is 1.10 bits per heavy atom. The van der Waals surface area contributed by atoms with Gasteiger partial charge in [0, 0.05) is 22.7 Å². The number of anilines is 1. The smallest absolute Gasteiger partial charge is 0.417 e. The fraction of sp³-hybridized carbons (Fsp3) is 0.296. The van der Waals surface area contributed by atoms with Crippen molar-refractivity contribution in [3.63, 3.8) is 0 Å². The number of aromatic nitrogens is 1. The molecule has 39 heavy (non-hydrogen) atoms. The fourth-order valence-corrected chi connectivity index (χ4v) is 4.71. The summed E-state index contributed by atoms with van der Waals surface area (Å²) in [7, 11) is 2.93. The standard InChI is InChI=1S/C27H26ClF3N2O5S/c1-26(2,3)21(34)13-23-33(14-22(35)32-16-9-10-18(28)17(12-16)27(29,30)31)25(36)20(39-23)11-15-7-6-8-19(37-4)24(15)38-5/h6-13H,14H2,1-5H3,(H,32,35)/b20-11+,23-13-. The zero-order valence-electron chi connectivity index (χ0n) is 21.7. The van der Waals surface area contributed by atoms with Crippen molar-refractivity contribution in [2.24, 2.45) is 5.41 Å². The maximum absolute atomic E-state index is 13.4. The number of methoxy groups -OCH3 is 2. The Bertz CT molecular complexity index is 1590. The second kappa shape index (κ2) is 11.7. The molecule has 0 atom stereocenters. The minimum atomic E-state index is -4.72. The first kappa shape index (κ1) is 30.0. The first-order chi connectivity index (χ1) is 18.1. The van der Waals surface area contributed by atoms with E-state index in [0.29, 0.717) is 23.1 Å². The number of amides is 1. The summed E-state index contributed by atoms with van der Waals surface area (Å²) in [6.45, 7) is 4.58. The van der Waals surface area contributed by atoms with Crippen LogP contribution in [0.3, 0.4) is 0 Å². The molecule has 0 spiro atoms. The summed E-state index contributed by atoms with van der Waals surface area (Å²) in [5.41, 5.74) is -2.06. The molecule has 208 valence electrons. The van der Waals surface area contributed by atoms with E-state index in [2.05, 4.69) is 5.32 Å². The van der Waals surface area contributed by atoms with Crippen molar-refractivity contribution in [2.75, 3.05) is 19.5 Å². The number of alkyl halides is 3. The summed E-state index contributed by atoms with van der Waals surface area (Å²) in [5, 5.41) is 1.85. The number of nitrogens with zero attached hydrogens (tertiary/aromatic N) is 1. The van der Waals surface area contributed by atoms with Crippen molar-refractivity contribution in [2.45, 2.75) is 33.5 Å². The van der Waals surface area contributed by atoms with Crippen LogP contribution in [0, 0.1) is 5.41 Å². The highest BCUT2D eigenvalue weighted by Crippen LogP contribution is 2.36. The quantitative estimate of drug-likeness (QED) is 0.444. The van der Waals surface area contributed by atoms with Gasteiger partial charge in [-0.1, -0.05) is 44.5 Å². The lowest BCUT2D eigenvalue weighted by molar-refractivity contribution is -0.137. The predicted octanol–water partition coefficient (Wildman–Crippen LogP) is 4.46. The number of para-hydroxylation sites is 1. The molecule has 1 N–H and O–H groups in total. The average molecular weight is 583 g/mol. The van der Waals surface area contributed by atoms with Crippen molar-refractivity contribution >= 4 is 52.5 Å². The van der Waals surface area contributed by atoms with Gasteiger partial charge in [0.2, 0.25) is 5.91 Å². The van der Waals surface area contributed by atoms with Gasteiger partial charge in [-0.3, -0.25) is 19.0 Å². The molecule has 0 aliphatic heterocycles. The number of ether oxygens (including phenoxy) is 2. The van der Waals surface area contributed by atoms with E-state index >= 15 is 0 Å². The van der Waals surface area contributed by atoms with Crippen LogP contribution in [-0.2, 0) is 22.3 Å². The van der Waals surface area contributed by atoms with E-state index in [1.165, 1.54) is 26.4 Å². The van der Waals surface area contributed by atoms with E-state index < -0.39 is 40.2 Å². The lowest BCUT2D eigenvalue weighted by Gasteiger charge is -2.13. The number of halogens is 4. The molecule has 2 aromatic carbocycles. The Morgan fingerprint density at radius 3 is 2.38 bits per heavy atom. The molecule has 3 rings (SSSR count). The molecular weight excluding hydrogens is 557 g/mol. The molecule has 12 heteroatoms. The Morgan fingerprint density at radius 2 is 1.79 bits per heavy atom. The van der Waals surface area contributed by atoms with Crippen LogP contribution in [0.1, 0.15) is 31.9 Å². The summed E-state index contributed by atoms with van der Waals surface area (Å²) in [6.07, 6.45) is -1.89. The van der Waals surface area contributed by atoms with Gasteiger partial charge in [-0.2, -0.15) is 13.2 Å². The molecule has 0 radical (unpaired) electrons. The van der Waals surface area contributed by atoms with Gasteiger partial charge in [0.15, 0.2) is 17.3 Å². The maximum atomic E-state index is 13.4. The molecule has 0 aliphatic carbocycles.